The molecule has 1 unspecified atom stereocenters. The second kappa shape index (κ2) is 2.99. The minimum absolute atomic E-state index is 0.250. The monoisotopic (exact) mass is 131 g/mol. The first-order valence-corrected chi connectivity index (χ1v) is 2.76. The van der Waals surface area contributed by atoms with E-state index in [9.17, 15) is 0 Å². The maximum atomic E-state index is 5.34. The van der Waals surface area contributed by atoms with Gasteiger partial charge in [0.05, 0.1) is 11.0 Å². The Hall–Kier alpha value is -0.150. The number of thiocarbonyl (C=S) groups is 1. The highest BCUT2D eigenvalue weighted by atomic mass is 32.1. The van der Waals surface area contributed by atoms with Crippen molar-refractivity contribution in [3.63, 3.8) is 0 Å². The van der Waals surface area contributed by atoms with E-state index >= 15 is 0 Å². The molecular weight excluding hydrogens is 120 g/mol. The highest BCUT2D eigenvalue weighted by Crippen LogP contribution is 1.85. The van der Waals surface area contributed by atoms with E-state index in [0.29, 0.717) is 4.99 Å². The summed E-state index contributed by atoms with van der Waals surface area (Å²) in [5.74, 6) is 0. The van der Waals surface area contributed by atoms with E-state index in [1.54, 1.807) is 4.90 Å². The first-order chi connectivity index (χ1) is 3.55. The lowest BCUT2D eigenvalue weighted by molar-refractivity contribution is 0.614. The van der Waals surface area contributed by atoms with Crippen molar-refractivity contribution in [1.82, 2.24) is 4.90 Å². The zero-order valence-electron chi connectivity index (χ0n) is 5.22. The first kappa shape index (κ1) is 7.85. The fourth-order valence-electron chi connectivity index (χ4n) is 0.332. The van der Waals surface area contributed by atoms with Crippen molar-refractivity contribution in [2.24, 2.45) is 5.73 Å². The molecule has 47 valence electrons. The van der Waals surface area contributed by atoms with Gasteiger partial charge in [-0.3, -0.25) is 0 Å². The van der Waals surface area contributed by atoms with E-state index in [-0.39, 0.29) is 6.04 Å². The van der Waals surface area contributed by atoms with Gasteiger partial charge in [-0.2, -0.15) is 0 Å². The van der Waals surface area contributed by atoms with Crippen molar-refractivity contribution < 1.29 is 0 Å². The van der Waals surface area contributed by atoms with Crippen molar-refractivity contribution in [3.8, 4) is 0 Å². The summed E-state index contributed by atoms with van der Waals surface area (Å²) in [7, 11) is 3.71. The molecule has 0 aromatic carbocycles. The van der Waals surface area contributed by atoms with Gasteiger partial charge in [-0.1, -0.05) is 12.2 Å². The molecule has 0 aliphatic heterocycles. The molecule has 0 fully saturated rings. The minimum atomic E-state index is -0.250. The number of likely N-dealkylation sites (N-methyl/N-ethyl adjacent to an activating group) is 1. The summed E-state index contributed by atoms with van der Waals surface area (Å²) >= 11 is 4.84. The smallest absolute Gasteiger partial charge is 0.0944 e. The van der Waals surface area contributed by atoms with Gasteiger partial charge in [0.15, 0.2) is 0 Å². The van der Waals surface area contributed by atoms with E-state index in [0.717, 1.165) is 0 Å². The SMILES string of the molecule is [CH2]C(N)C(=S)N(C)C. The molecule has 0 aromatic heterocycles. The molecule has 0 saturated heterocycles. The maximum Gasteiger partial charge on any atom is 0.0944 e. The molecule has 1 atom stereocenters. The largest absolute Gasteiger partial charge is 0.371 e. The molecule has 2 N–H and O–H groups in total. The van der Waals surface area contributed by atoms with Crippen LogP contribution in [0.25, 0.3) is 0 Å². The molecule has 0 aromatic rings. The Kier molecular flexibility index (Phi) is 2.94. The Bertz CT molecular complexity index is 78.4. The van der Waals surface area contributed by atoms with E-state index in [1.807, 2.05) is 14.1 Å². The summed E-state index contributed by atoms with van der Waals surface area (Å²) in [6, 6.07) is -0.250. The van der Waals surface area contributed by atoms with Crippen LogP contribution in [0.1, 0.15) is 0 Å². The van der Waals surface area contributed by atoms with Crippen LogP contribution in [0.4, 0.5) is 0 Å². The van der Waals surface area contributed by atoms with Crippen molar-refractivity contribution in [1.29, 1.82) is 0 Å². The number of hydrogen-bond donors (Lipinski definition) is 1. The summed E-state index contributed by atoms with van der Waals surface area (Å²) in [6.45, 7) is 3.55. The van der Waals surface area contributed by atoms with Gasteiger partial charge in [0, 0.05) is 14.1 Å². The van der Waals surface area contributed by atoms with Crippen LogP contribution in [0.2, 0.25) is 0 Å². The van der Waals surface area contributed by atoms with E-state index in [2.05, 4.69) is 6.92 Å². The molecule has 0 saturated carbocycles. The third kappa shape index (κ3) is 2.23. The van der Waals surface area contributed by atoms with Gasteiger partial charge < -0.3 is 10.6 Å². The minimum Gasteiger partial charge on any atom is -0.371 e. The predicted octanol–water partition coefficient (Wildman–Crippen LogP) is 0.0368. The quantitative estimate of drug-likeness (QED) is 0.509. The average Bonchev–Trinajstić information content (AvgIpc) is 1.64. The van der Waals surface area contributed by atoms with Crippen LogP contribution in [-0.2, 0) is 0 Å². The van der Waals surface area contributed by atoms with Crippen LogP contribution in [0, 0.1) is 6.92 Å². The van der Waals surface area contributed by atoms with Gasteiger partial charge in [-0.25, -0.2) is 0 Å². The summed E-state index contributed by atoms with van der Waals surface area (Å²) in [5.41, 5.74) is 5.34. The average molecular weight is 131 g/mol. The van der Waals surface area contributed by atoms with Gasteiger partial charge in [-0.05, 0) is 6.92 Å². The molecule has 0 spiro atoms. The van der Waals surface area contributed by atoms with E-state index < -0.39 is 0 Å². The lowest BCUT2D eigenvalue weighted by atomic mass is 10.3. The van der Waals surface area contributed by atoms with Crippen molar-refractivity contribution >= 4 is 17.2 Å². The molecule has 0 rings (SSSR count). The molecule has 0 amide bonds. The summed E-state index contributed by atoms with van der Waals surface area (Å²) in [4.78, 5) is 2.47. The molecule has 0 heterocycles. The van der Waals surface area contributed by atoms with Gasteiger partial charge >= 0.3 is 0 Å². The topological polar surface area (TPSA) is 29.3 Å². The Morgan fingerprint density at radius 3 is 2.12 bits per heavy atom. The summed E-state index contributed by atoms with van der Waals surface area (Å²) in [6.07, 6.45) is 0. The Labute approximate surface area is 55.7 Å². The molecule has 0 aliphatic carbocycles. The van der Waals surface area contributed by atoms with Gasteiger partial charge in [0.1, 0.15) is 0 Å². The fourth-order valence-corrected chi connectivity index (χ4v) is 0.332. The Morgan fingerprint density at radius 1 is 1.75 bits per heavy atom. The van der Waals surface area contributed by atoms with Gasteiger partial charge in [0.25, 0.3) is 0 Å². The third-order valence-electron chi connectivity index (χ3n) is 0.758. The highest BCUT2D eigenvalue weighted by molar-refractivity contribution is 7.80. The van der Waals surface area contributed by atoms with Gasteiger partial charge in [-0.15, -0.1) is 0 Å². The number of nitrogens with zero attached hydrogens (tertiary/aromatic N) is 1. The van der Waals surface area contributed by atoms with Crippen LogP contribution in [0.5, 0.6) is 0 Å². The molecule has 0 aliphatic rings. The van der Waals surface area contributed by atoms with Crippen LogP contribution >= 0.6 is 12.2 Å². The normalized spacial score (nSPS) is 13.0. The summed E-state index contributed by atoms with van der Waals surface area (Å²) < 4.78 is 0. The predicted molar refractivity (Wildman–Crippen MR) is 39.6 cm³/mol. The number of hydrogen-bond acceptors (Lipinski definition) is 2. The van der Waals surface area contributed by atoms with Gasteiger partial charge in [0.2, 0.25) is 0 Å². The highest BCUT2D eigenvalue weighted by Gasteiger charge is 2.02. The number of rotatable bonds is 1. The molecule has 2 nitrogen and oxygen atoms in total. The van der Waals surface area contributed by atoms with E-state index in [4.69, 9.17) is 18.0 Å². The van der Waals surface area contributed by atoms with E-state index in [1.165, 1.54) is 0 Å². The zero-order valence-corrected chi connectivity index (χ0v) is 6.03. The maximum absolute atomic E-state index is 5.34. The fraction of sp³-hybridized carbons (Fsp3) is 0.600. The summed E-state index contributed by atoms with van der Waals surface area (Å²) in [5, 5.41) is 0. The molecule has 3 heteroatoms. The third-order valence-corrected chi connectivity index (χ3v) is 1.43. The number of nitrogens with two attached hydrogens (primary N) is 1. The van der Waals surface area contributed by atoms with Crippen molar-refractivity contribution in [3.05, 3.63) is 6.92 Å². The zero-order chi connectivity index (χ0) is 6.73. The van der Waals surface area contributed by atoms with Crippen LogP contribution in [0.3, 0.4) is 0 Å². The lowest BCUT2D eigenvalue weighted by Gasteiger charge is -2.15. The Morgan fingerprint density at radius 2 is 2.12 bits per heavy atom. The van der Waals surface area contributed by atoms with Crippen LogP contribution in [-0.4, -0.2) is 30.0 Å². The second-order valence-electron chi connectivity index (χ2n) is 1.84. The Balaban J connectivity index is 3.65. The van der Waals surface area contributed by atoms with Crippen LogP contribution in [0.15, 0.2) is 0 Å². The molecule has 0 bridgehead atoms. The molecular formula is C5H11N2S. The second-order valence-corrected chi connectivity index (χ2v) is 2.26. The molecule has 1 radical (unpaired) electrons. The first-order valence-electron chi connectivity index (χ1n) is 2.35. The van der Waals surface area contributed by atoms with Crippen molar-refractivity contribution in [2.45, 2.75) is 6.04 Å². The standard InChI is InChI=1S/C5H11N2S/c1-4(6)5(8)7(2)3/h4H,1,6H2,2-3H3. The molecule has 8 heavy (non-hydrogen) atoms. The lowest BCUT2D eigenvalue weighted by Crippen LogP contribution is -2.35. The van der Waals surface area contributed by atoms with Crippen molar-refractivity contribution in [2.75, 3.05) is 14.1 Å². The van der Waals surface area contributed by atoms with Crippen LogP contribution < -0.4 is 5.73 Å².